The number of benzene rings is 1. The Morgan fingerprint density at radius 2 is 2.00 bits per heavy atom. The number of nitrogens with zero attached hydrogens (tertiary/aromatic N) is 3. The van der Waals surface area contributed by atoms with Crippen molar-refractivity contribution in [2.75, 3.05) is 6.61 Å². The minimum Gasteiger partial charge on any atom is -0.493 e. The minimum absolute atomic E-state index is 0.0265. The fourth-order valence-electron chi connectivity index (χ4n) is 2.19. The summed E-state index contributed by atoms with van der Waals surface area (Å²) in [5, 5.41) is 17.1. The van der Waals surface area contributed by atoms with Gasteiger partial charge in [-0.2, -0.15) is 0 Å². The van der Waals surface area contributed by atoms with E-state index in [9.17, 15) is 9.90 Å². The summed E-state index contributed by atoms with van der Waals surface area (Å²) in [5.74, 6) is 0.208. The van der Waals surface area contributed by atoms with Crippen LogP contribution < -0.4 is 4.74 Å². The first-order valence-electron chi connectivity index (χ1n) is 7.94. The lowest BCUT2D eigenvalue weighted by Crippen LogP contribution is -2.07. The molecule has 0 amide bonds. The summed E-state index contributed by atoms with van der Waals surface area (Å²) in [6.45, 7) is 6.91. The predicted molar refractivity (Wildman–Crippen MR) is 87.3 cm³/mol. The van der Waals surface area contributed by atoms with Crippen molar-refractivity contribution in [3.8, 4) is 11.4 Å². The number of carbonyl (C=O) groups is 1. The van der Waals surface area contributed by atoms with Gasteiger partial charge in [0, 0.05) is 0 Å². The molecule has 0 fully saturated rings. The number of rotatable bonds is 8. The van der Waals surface area contributed by atoms with Gasteiger partial charge in [-0.05, 0) is 43.0 Å². The quantitative estimate of drug-likeness (QED) is 0.808. The third kappa shape index (κ3) is 4.31. The van der Waals surface area contributed by atoms with E-state index in [2.05, 4.69) is 31.1 Å². The van der Waals surface area contributed by atoms with Crippen LogP contribution in [0, 0.1) is 5.92 Å². The Hall–Kier alpha value is -2.37. The maximum Gasteiger partial charge on any atom is 0.358 e. The molecule has 0 unspecified atom stereocenters. The number of aromatic carboxylic acids is 1. The van der Waals surface area contributed by atoms with Crippen LogP contribution in [0.3, 0.4) is 0 Å². The molecule has 124 valence electrons. The van der Waals surface area contributed by atoms with Gasteiger partial charge in [-0.1, -0.05) is 32.4 Å². The smallest absolute Gasteiger partial charge is 0.358 e. The summed E-state index contributed by atoms with van der Waals surface area (Å²) < 4.78 is 7.26. The Bertz CT molecular complexity index is 648. The molecular weight excluding hydrogens is 294 g/mol. The lowest BCUT2D eigenvalue weighted by Gasteiger charge is -2.10. The average Bonchev–Trinajstić information content (AvgIpc) is 2.95. The lowest BCUT2D eigenvalue weighted by atomic mass is 10.1. The van der Waals surface area contributed by atoms with E-state index in [0.29, 0.717) is 24.6 Å². The molecule has 6 nitrogen and oxygen atoms in total. The van der Waals surface area contributed by atoms with Crippen LogP contribution in [0.4, 0.5) is 0 Å². The third-order valence-electron chi connectivity index (χ3n) is 3.40. The molecule has 0 saturated carbocycles. The average molecular weight is 317 g/mol. The Balaban J connectivity index is 2.25. The van der Waals surface area contributed by atoms with Crippen LogP contribution in [-0.2, 0) is 6.42 Å². The molecule has 0 atom stereocenters. The van der Waals surface area contributed by atoms with Crippen LogP contribution in [0.1, 0.15) is 49.8 Å². The van der Waals surface area contributed by atoms with Crippen molar-refractivity contribution in [1.82, 2.24) is 15.0 Å². The number of carboxylic acid groups (broad SMARTS) is 1. The van der Waals surface area contributed by atoms with Crippen molar-refractivity contribution < 1.29 is 14.6 Å². The molecule has 6 heteroatoms. The summed E-state index contributed by atoms with van der Waals surface area (Å²) in [6.07, 6.45) is 2.51. The maximum absolute atomic E-state index is 11.3. The van der Waals surface area contributed by atoms with Crippen molar-refractivity contribution in [2.24, 2.45) is 5.92 Å². The first-order valence-corrected chi connectivity index (χ1v) is 7.94. The zero-order valence-corrected chi connectivity index (χ0v) is 13.8. The van der Waals surface area contributed by atoms with Crippen LogP contribution in [0.2, 0.25) is 0 Å². The third-order valence-corrected chi connectivity index (χ3v) is 3.40. The largest absolute Gasteiger partial charge is 0.493 e. The number of aromatic nitrogens is 3. The molecule has 1 aromatic carbocycles. The van der Waals surface area contributed by atoms with Gasteiger partial charge in [0.15, 0.2) is 5.69 Å². The van der Waals surface area contributed by atoms with E-state index in [1.54, 1.807) is 4.68 Å². The zero-order chi connectivity index (χ0) is 16.8. The topological polar surface area (TPSA) is 77.2 Å². The number of ether oxygens (including phenoxy) is 1. The number of unbranched alkanes of at least 4 members (excludes halogenated alkanes) is 1. The molecule has 1 N–H and O–H groups in total. The van der Waals surface area contributed by atoms with E-state index in [-0.39, 0.29) is 5.69 Å². The molecule has 23 heavy (non-hydrogen) atoms. The molecule has 0 saturated heterocycles. The highest BCUT2D eigenvalue weighted by Gasteiger charge is 2.19. The fraction of sp³-hybridized carbons (Fsp3) is 0.471. The molecule has 0 radical (unpaired) electrons. The van der Waals surface area contributed by atoms with E-state index in [1.807, 2.05) is 24.3 Å². The molecule has 0 aliphatic carbocycles. The highest BCUT2D eigenvalue weighted by Crippen LogP contribution is 2.19. The van der Waals surface area contributed by atoms with E-state index in [1.165, 1.54) is 0 Å². The van der Waals surface area contributed by atoms with Crippen LogP contribution in [0.5, 0.6) is 5.75 Å². The molecule has 0 bridgehead atoms. The van der Waals surface area contributed by atoms with E-state index in [4.69, 9.17) is 4.74 Å². The molecule has 2 rings (SSSR count). The van der Waals surface area contributed by atoms with E-state index in [0.717, 1.165) is 24.3 Å². The van der Waals surface area contributed by atoms with Crippen LogP contribution in [-0.4, -0.2) is 32.7 Å². The van der Waals surface area contributed by atoms with Gasteiger partial charge in [0.2, 0.25) is 0 Å². The number of carboxylic acids is 1. The zero-order valence-electron chi connectivity index (χ0n) is 13.8. The Kier molecular flexibility index (Phi) is 5.73. The summed E-state index contributed by atoms with van der Waals surface area (Å²) >= 11 is 0. The maximum atomic E-state index is 11.3. The normalized spacial score (nSPS) is 11.0. The van der Waals surface area contributed by atoms with Gasteiger partial charge in [-0.15, -0.1) is 5.10 Å². The van der Waals surface area contributed by atoms with E-state index < -0.39 is 5.97 Å². The van der Waals surface area contributed by atoms with Crippen LogP contribution in [0.25, 0.3) is 5.69 Å². The standard InChI is InChI=1S/C17H23N3O3/c1-4-5-6-15-16(17(21)22)18-19-20(15)13-7-9-14(10-8-13)23-11-12(2)3/h7-10,12H,4-6,11H2,1-3H3,(H,21,22). The Morgan fingerprint density at radius 3 is 2.57 bits per heavy atom. The fourth-order valence-corrected chi connectivity index (χ4v) is 2.19. The van der Waals surface area contributed by atoms with Gasteiger partial charge in [-0.3, -0.25) is 0 Å². The summed E-state index contributed by atoms with van der Waals surface area (Å²) in [6, 6.07) is 7.46. The monoisotopic (exact) mass is 317 g/mol. The van der Waals surface area contributed by atoms with Crippen molar-refractivity contribution in [1.29, 1.82) is 0 Å². The second-order valence-corrected chi connectivity index (χ2v) is 5.90. The predicted octanol–water partition coefficient (Wildman–Crippen LogP) is 3.34. The van der Waals surface area contributed by atoms with E-state index >= 15 is 0 Å². The molecular formula is C17H23N3O3. The first-order chi connectivity index (χ1) is 11.0. The highest BCUT2D eigenvalue weighted by atomic mass is 16.5. The lowest BCUT2D eigenvalue weighted by molar-refractivity contribution is 0.0689. The van der Waals surface area contributed by atoms with Gasteiger partial charge in [-0.25, -0.2) is 9.48 Å². The second kappa shape index (κ2) is 7.76. The SMILES string of the molecule is CCCCc1c(C(=O)O)nnn1-c1ccc(OCC(C)C)cc1. The van der Waals surface area contributed by atoms with Gasteiger partial charge in [0.1, 0.15) is 5.75 Å². The van der Waals surface area contributed by atoms with Crippen molar-refractivity contribution in [3.63, 3.8) is 0 Å². The minimum atomic E-state index is -1.04. The molecule has 0 aliphatic rings. The molecule has 2 aromatic rings. The summed E-state index contributed by atoms with van der Waals surface area (Å²) in [4.78, 5) is 11.3. The summed E-state index contributed by atoms with van der Waals surface area (Å²) in [5.41, 5.74) is 1.45. The number of hydrogen-bond donors (Lipinski definition) is 1. The molecule has 1 aromatic heterocycles. The molecule has 0 aliphatic heterocycles. The first kappa shape index (κ1) is 17.0. The Labute approximate surface area is 136 Å². The number of hydrogen-bond acceptors (Lipinski definition) is 4. The highest BCUT2D eigenvalue weighted by molar-refractivity contribution is 5.86. The van der Waals surface area contributed by atoms with Crippen molar-refractivity contribution in [2.45, 2.75) is 40.0 Å². The second-order valence-electron chi connectivity index (χ2n) is 5.90. The van der Waals surface area contributed by atoms with Gasteiger partial charge >= 0.3 is 5.97 Å². The molecule has 0 spiro atoms. The van der Waals surface area contributed by atoms with Gasteiger partial charge < -0.3 is 9.84 Å². The van der Waals surface area contributed by atoms with Gasteiger partial charge in [0.25, 0.3) is 0 Å². The van der Waals surface area contributed by atoms with Gasteiger partial charge in [0.05, 0.1) is 18.0 Å². The Morgan fingerprint density at radius 1 is 1.30 bits per heavy atom. The van der Waals surface area contributed by atoms with Crippen LogP contribution in [0.15, 0.2) is 24.3 Å². The van der Waals surface area contributed by atoms with Crippen molar-refractivity contribution >= 4 is 5.97 Å². The molecule has 1 heterocycles. The van der Waals surface area contributed by atoms with Crippen LogP contribution >= 0.6 is 0 Å². The summed E-state index contributed by atoms with van der Waals surface area (Å²) in [7, 11) is 0. The van der Waals surface area contributed by atoms with Crippen molar-refractivity contribution in [3.05, 3.63) is 35.7 Å².